The van der Waals surface area contributed by atoms with Crippen LogP contribution in [0.3, 0.4) is 0 Å². The molecule has 0 saturated carbocycles. The van der Waals surface area contributed by atoms with E-state index in [9.17, 15) is 4.79 Å². The van der Waals surface area contributed by atoms with Crippen molar-refractivity contribution < 1.29 is 9.53 Å². The van der Waals surface area contributed by atoms with Gasteiger partial charge in [0.15, 0.2) is 0 Å². The van der Waals surface area contributed by atoms with E-state index in [4.69, 9.17) is 4.74 Å². The number of esters is 1. The minimum atomic E-state index is -0.00170. The van der Waals surface area contributed by atoms with Crippen LogP contribution < -0.4 is 0 Å². The van der Waals surface area contributed by atoms with Crippen molar-refractivity contribution in [1.29, 1.82) is 0 Å². The molecule has 2 heteroatoms. The minimum absolute atomic E-state index is 0.00170. The van der Waals surface area contributed by atoms with Gasteiger partial charge in [0.25, 0.3) is 0 Å². The molecule has 0 radical (unpaired) electrons. The Hall–Kier alpha value is -0.530. The Morgan fingerprint density at radius 3 is 1.96 bits per heavy atom. The fraction of sp³-hybridized carbons (Fsp3) is 0.955. The predicted molar refractivity (Wildman–Crippen MR) is 105 cm³/mol. The standard InChI is InChI=1S/C22H44O2/c1-7-9-10-11-12-13-14-15-16-20(8-2)24-21(23)17-19(3)18-22(4,5)6/h19-20H,7-18H2,1-6H3. The van der Waals surface area contributed by atoms with Crippen molar-refractivity contribution in [2.75, 3.05) is 0 Å². The van der Waals surface area contributed by atoms with Gasteiger partial charge >= 0.3 is 5.97 Å². The molecule has 2 nitrogen and oxygen atoms in total. The van der Waals surface area contributed by atoms with Gasteiger partial charge in [-0.1, -0.05) is 86.5 Å². The first kappa shape index (κ1) is 23.5. The lowest BCUT2D eigenvalue weighted by Gasteiger charge is -2.23. The van der Waals surface area contributed by atoms with Crippen molar-refractivity contribution in [3.8, 4) is 0 Å². The molecule has 0 aliphatic rings. The molecule has 0 saturated heterocycles. The molecule has 2 unspecified atom stereocenters. The third-order valence-corrected chi connectivity index (χ3v) is 4.61. The van der Waals surface area contributed by atoms with Gasteiger partial charge in [-0.25, -0.2) is 0 Å². The normalized spacial score (nSPS) is 14.4. The maximum atomic E-state index is 12.1. The van der Waals surface area contributed by atoms with Crippen LogP contribution >= 0.6 is 0 Å². The van der Waals surface area contributed by atoms with Gasteiger partial charge in [0.05, 0.1) is 0 Å². The van der Waals surface area contributed by atoms with E-state index < -0.39 is 0 Å². The van der Waals surface area contributed by atoms with Crippen molar-refractivity contribution in [3.05, 3.63) is 0 Å². The highest BCUT2D eigenvalue weighted by molar-refractivity contribution is 5.69. The van der Waals surface area contributed by atoms with Crippen molar-refractivity contribution >= 4 is 5.97 Å². The number of unbranched alkanes of at least 4 members (excludes halogenated alkanes) is 7. The second kappa shape index (κ2) is 13.7. The molecule has 2 atom stereocenters. The smallest absolute Gasteiger partial charge is 0.306 e. The Labute approximate surface area is 152 Å². The Morgan fingerprint density at radius 2 is 1.46 bits per heavy atom. The fourth-order valence-electron chi connectivity index (χ4n) is 3.49. The summed E-state index contributed by atoms with van der Waals surface area (Å²) in [7, 11) is 0. The summed E-state index contributed by atoms with van der Waals surface area (Å²) < 4.78 is 5.71. The SMILES string of the molecule is CCCCCCCCCCC(CC)OC(=O)CC(C)CC(C)(C)C. The number of carbonyl (C=O) groups is 1. The van der Waals surface area contributed by atoms with Gasteiger partial charge in [0.1, 0.15) is 6.10 Å². The van der Waals surface area contributed by atoms with Crippen molar-refractivity contribution in [1.82, 2.24) is 0 Å². The van der Waals surface area contributed by atoms with Gasteiger partial charge in [-0.3, -0.25) is 4.79 Å². The monoisotopic (exact) mass is 340 g/mol. The first-order chi connectivity index (χ1) is 11.3. The average molecular weight is 341 g/mol. The summed E-state index contributed by atoms with van der Waals surface area (Å²) in [5, 5.41) is 0. The van der Waals surface area contributed by atoms with E-state index in [0.29, 0.717) is 12.3 Å². The summed E-state index contributed by atoms with van der Waals surface area (Å²) >= 11 is 0. The fourth-order valence-corrected chi connectivity index (χ4v) is 3.49. The largest absolute Gasteiger partial charge is 0.462 e. The summed E-state index contributed by atoms with van der Waals surface area (Å²) in [6.45, 7) is 13.2. The number of hydrogen-bond acceptors (Lipinski definition) is 2. The number of rotatable bonds is 14. The lowest BCUT2D eigenvalue weighted by molar-refractivity contribution is -0.150. The molecule has 0 aromatic rings. The molecule has 144 valence electrons. The molecule has 0 fully saturated rings. The molecule has 0 bridgehead atoms. The van der Waals surface area contributed by atoms with E-state index in [2.05, 4.69) is 41.5 Å². The summed E-state index contributed by atoms with van der Waals surface area (Å²) in [6, 6.07) is 0. The summed E-state index contributed by atoms with van der Waals surface area (Å²) in [4.78, 5) is 12.1. The van der Waals surface area contributed by atoms with Crippen molar-refractivity contribution in [2.45, 2.75) is 125 Å². The van der Waals surface area contributed by atoms with Crippen LogP contribution in [0.1, 0.15) is 119 Å². The molecular formula is C22H44O2. The Morgan fingerprint density at radius 1 is 0.917 bits per heavy atom. The zero-order valence-electron chi connectivity index (χ0n) is 17.5. The van der Waals surface area contributed by atoms with Crippen LogP contribution in [0, 0.1) is 11.3 Å². The molecule has 0 aliphatic carbocycles. The second-order valence-electron chi connectivity index (χ2n) is 8.86. The van der Waals surface area contributed by atoms with Gasteiger partial charge in [0, 0.05) is 6.42 Å². The lowest BCUT2D eigenvalue weighted by Crippen LogP contribution is -2.21. The molecule has 24 heavy (non-hydrogen) atoms. The summed E-state index contributed by atoms with van der Waals surface area (Å²) in [5.74, 6) is 0.399. The third kappa shape index (κ3) is 15.0. The van der Waals surface area contributed by atoms with E-state index in [1.807, 2.05) is 0 Å². The number of ether oxygens (including phenoxy) is 1. The molecule has 0 rings (SSSR count). The maximum absolute atomic E-state index is 12.1. The van der Waals surface area contributed by atoms with Crippen LogP contribution in [0.5, 0.6) is 0 Å². The van der Waals surface area contributed by atoms with E-state index >= 15 is 0 Å². The molecule has 0 heterocycles. The van der Waals surface area contributed by atoms with Crippen LogP contribution in [-0.4, -0.2) is 12.1 Å². The topological polar surface area (TPSA) is 26.3 Å². The molecule has 0 spiro atoms. The van der Waals surface area contributed by atoms with E-state index in [0.717, 1.165) is 19.3 Å². The Balaban J connectivity index is 3.79. The lowest BCUT2D eigenvalue weighted by atomic mass is 9.84. The zero-order valence-corrected chi connectivity index (χ0v) is 17.5. The average Bonchev–Trinajstić information content (AvgIpc) is 2.46. The summed E-state index contributed by atoms with van der Waals surface area (Å²) in [5.41, 5.74) is 0.279. The van der Waals surface area contributed by atoms with Gasteiger partial charge in [-0.05, 0) is 37.0 Å². The van der Waals surface area contributed by atoms with E-state index in [-0.39, 0.29) is 17.5 Å². The first-order valence-corrected chi connectivity index (χ1v) is 10.5. The van der Waals surface area contributed by atoms with Crippen LogP contribution in [0.15, 0.2) is 0 Å². The van der Waals surface area contributed by atoms with Gasteiger partial charge in [0.2, 0.25) is 0 Å². The maximum Gasteiger partial charge on any atom is 0.306 e. The molecule has 0 aliphatic heterocycles. The molecule has 0 aromatic carbocycles. The highest BCUT2D eigenvalue weighted by Crippen LogP contribution is 2.26. The first-order valence-electron chi connectivity index (χ1n) is 10.5. The molecule has 0 N–H and O–H groups in total. The Kier molecular flexibility index (Phi) is 13.4. The zero-order chi connectivity index (χ0) is 18.4. The Bertz CT molecular complexity index is 304. The predicted octanol–water partition coefficient (Wildman–Crippen LogP) is 7.30. The highest BCUT2D eigenvalue weighted by Gasteiger charge is 2.20. The number of carbonyl (C=O) groups excluding carboxylic acids is 1. The van der Waals surface area contributed by atoms with Gasteiger partial charge in [-0.2, -0.15) is 0 Å². The molecular weight excluding hydrogens is 296 g/mol. The minimum Gasteiger partial charge on any atom is -0.462 e. The van der Waals surface area contributed by atoms with Crippen LogP contribution in [0.4, 0.5) is 0 Å². The highest BCUT2D eigenvalue weighted by atomic mass is 16.5. The van der Waals surface area contributed by atoms with E-state index in [1.54, 1.807) is 0 Å². The van der Waals surface area contributed by atoms with Crippen LogP contribution in [-0.2, 0) is 9.53 Å². The third-order valence-electron chi connectivity index (χ3n) is 4.61. The van der Waals surface area contributed by atoms with E-state index in [1.165, 1.54) is 51.4 Å². The van der Waals surface area contributed by atoms with Crippen LogP contribution in [0.25, 0.3) is 0 Å². The molecule has 0 amide bonds. The van der Waals surface area contributed by atoms with Crippen LogP contribution in [0.2, 0.25) is 0 Å². The second-order valence-corrected chi connectivity index (χ2v) is 8.86. The summed E-state index contributed by atoms with van der Waals surface area (Å²) in [6.07, 6.45) is 14.3. The van der Waals surface area contributed by atoms with Crippen molar-refractivity contribution in [2.24, 2.45) is 11.3 Å². The van der Waals surface area contributed by atoms with Crippen molar-refractivity contribution in [3.63, 3.8) is 0 Å². The van der Waals surface area contributed by atoms with Gasteiger partial charge < -0.3 is 4.74 Å². The quantitative estimate of drug-likeness (QED) is 0.245. The number of hydrogen-bond donors (Lipinski definition) is 0. The van der Waals surface area contributed by atoms with Gasteiger partial charge in [-0.15, -0.1) is 0 Å². The molecule has 0 aromatic heterocycles.